The fourth-order valence-corrected chi connectivity index (χ4v) is 2.99. The molecule has 0 bridgehead atoms. The lowest BCUT2D eigenvalue weighted by atomic mass is 10.0. The summed E-state index contributed by atoms with van der Waals surface area (Å²) in [6.45, 7) is 0. The van der Waals surface area contributed by atoms with Crippen LogP contribution in [0.1, 0.15) is 0 Å². The van der Waals surface area contributed by atoms with Crippen molar-refractivity contribution < 1.29 is 13.5 Å². The number of hydrogen-bond donors (Lipinski definition) is 0. The van der Waals surface area contributed by atoms with E-state index in [0.717, 1.165) is 22.3 Å². The van der Waals surface area contributed by atoms with E-state index in [1.54, 1.807) is 12.1 Å². The van der Waals surface area contributed by atoms with Crippen molar-refractivity contribution >= 4 is 0 Å². The van der Waals surface area contributed by atoms with Crippen LogP contribution in [0.4, 0.5) is 8.78 Å². The number of rotatable bonds is 4. The molecule has 1 nitrogen and oxygen atoms in total. The maximum Gasteiger partial charge on any atom is 0.138 e. The van der Waals surface area contributed by atoms with Gasteiger partial charge >= 0.3 is 0 Å². The second kappa shape index (κ2) is 7.42. The van der Waals surface area contributed by atoms with Gasteiger partial charge in [0.25, 0.3) is 0 Å². The lowest BCUT2D eigenvalue weighted by Crippen LogP contribution is -1.93. The Balaban J connectivity index is 1.82. The third-order valence-electron chi connectivity index (χ3n) is 4.28. The van der Waals surface area contributed by atoms with Crippen LogP contribution in [-0.2, 0) is 0 Å². The normalized spacial score (nSPS) is 10.6. The van der Waals surface area contributed by atoms with Gasteiger partial charge in [-0.05, 0) is 35.4 Å². The van der Waals surface area contributed by atoms with Gasteiger partial charge in [0.15, 0.2) is 0 Å². The predicted molar refractivity (Wildman–Crippen MR) is 104 cm³/mol. The first-order valence-corrected chi connectivity index (χ1v) is 8.58. The Morgan fingerprint density at radius 3 is 1.30 bits per heavy atom. The third kappa shape index (κ3) is 3.72. The zero-order chi connectivity index (χ0) is 18.6. The van der Waals surface area contributed by atoms with Crippen LogP contribution in [0.3, 0.4) is 0 Å². The summed E-state index contributed by atoms with van der Waals surface area (Å²) in [5.41, 5.74) is 3.26. The Morgan fingerprint density at radius 2 is 0.889 bits per heavy atom. The van der Waals surface area contributed by atoms with Crippen molar-refractivity contribution in [3.63, 3.8) is 0 Å². The Kier molecular flexibility index (Phi) is 4.67. The van der Waals surface area contributed by atoms with Crippen LogP contribution in [-0.4, -0.2) is 0 Å². The first-order chi connectivity index (χ1) is 13.2. The minimum Gasteiger partial charge on any atom is -0.456 e. The molecule has 0 unspecified atom stereocenters. The van der Waals surface area contributed by atoms with Crippen LogP contribution in [0.2, 0.25) is 0 Å². The van der Waals surface area contributed by atoms with E-state index in [4.69, 9.17) is 4.74 Å². The van der Waals surface area contributed by atoms with Crippen LogP contribution >= 0.6 is 0 Å². The van der Waals surface area contributed by atoms with Crippen LogP contribution in [0.25, 0.3) is 22.3 Å². The van der Waals surface area contributed by atoms with Gasteiger partial charge in [0.1, 0.15) is 23.1 Å². The molecule has 4 aromatic carbocycles. The van der Waals surface area contributed by atoms with Crippen molar-refractivity contribution in [2.75, 3.05) is 0 Å². The average Bonchev–Trinajstić information content (AvgIpc) is 2.70. The molecule has 0 heterocycles. The van der Waals surface area contributed by atoms with Gasteiger partial charge < -0.3 is 4.74 Å². The van der Waals surface area contributed by atoms with E-state index >= 15 is 0 Å². The zero-order valence-corrected chi connectivity index (χ0v) is 14.4. The summed E-state index contributed by atoms with van der Waals surface area (Å²) in [6, 6.07) is 27.9. The van der Waals surface area contributed by atoms with Crippen molar-refractivity contribution in [3.8, 4) is 33.8 Å². The smallest absolute Gasteiger partial charge is 0.138 e. The highest BCUT2D eigenvalue weighted by atomic mass is 19.1. The average molecular weight is 358 g/mol. The third-order valence-corrected chi connectivity index (χ3v) is 4.28. The highest BCUT2D eigenvalue weighted by molar-refractivity contribution is 5.74. The molecule has 0 aromatic heterocycles. The van der Waals surface area contributed by atoms with E-state index in [1.165, 1.54) is 24.3 Å². The molecule has 0 atom stereocenters. The fourth-order valence-electron chi connectivity index (χ4n) is 2.99. The Bertz CT molecular complexity index is 973. The SMILES string of the molecule is Fc1ccc(-c2ccccc2)c(Oc2cc(F)ccc2-c2ccccc2)c1. The molecular formula is C24H16F2O. The number of benzene rings is 4. The maximum atomic E-state index is 13.9. The highest BCUT2D eigenvalue weighted by Gasteiger charge is 2.13. The summed E-state index contributed by atoms with van der Waals surface area (Å²) < 4.78 is 33.9. The molecule has 0 saturated carbocycles. The molecule has 3 heteroatoms. The van der Waals surface area contributed by atoms with Gasteiger partial charge in [-0.3, -0.25) is 0 Å². The van der Waals surface area contributed by atoms with Gasteiger partial charge in [0.2, 0.25) is 0 Å². The number of ether oxygens (including phenoxy) is 1. The molecule has 0 N–H and O–H groups in total. The van der Waals surface area contributed by atoms with Crippen molar-refractivity contribution in [1.82, 2.24) is 0 Å². The molecule has 0 amide bonds. The molecule has 132 valence electrons. The molecule has 0 fully saturated rings. The first-order valence-electron chi connectivity index (χ1n) is 8.58. The largest absolute Gasteiger partial charge is 0.456 e. The predicted octanol–water partition coefficient (Wildman–Crippen LogP) is 7.09. The Morgan fingerprint density at radius 1 is 0.481 bits per heavy atom. The lowest BCUT2D eigenvalue weighted by Gasteiger charge is -2.15. The monoisotopic (exact) mass is 358 g/mol. The standard InChI is InChI=1S/C24H16F2O/c25-19-11-13-21(17-7-3-1-4-8-17)23(15-19)27-24-16-20(26)12-14-22(24)18-9-5-2-6-10-18/h1-16H. The maximum absolute atomic E-state index is 13.9. The first kappa shape index (κ1) is 17.0. The van der Waals surface area contributed by atoms with Crippen molar-refractivity contribution in [3.05, 3.63) is 109 Å². The topological polar surface area (TPSA) is 9.23 Å². The minimum absolute atomic E-state index is 0.337. The molecule has 27 heavy (non-hydrogen) atoms. The quantitative estimate of drug-likeness (QED) is 0.378. The Hall–Kier alpha value is -3.46. The van der Waals surface area contributed by atoms with Gasteiger partial charge in [-0.25, -0.2) is 8.78 Å². The molecule has 0 aliphatic carbocycles. The highest BCUT2D eigenvalue weighted by Crippen LogP contribution is 2.38. The van der Waals surface area contributed by atoms with Gasteiger partial charge in [-0.15, -0.1) is 0 Å². The van der Waals surface area contributed by atoms with Gasteiger partial charge in [-0.2, -0.15) is 0 Å². The second-order valence-corrected chi connectivity index (χ2v) is 6.12. The molecule has 0 radical (unpaired) electrons. The van der Waals surface area contributed by atoms with E-state index in [0.29, 0.717) is 11.5 Å². The summed E-state index contributed by atoms with van der Waals surface area (Å²) in [4.78, 5) is 0. The fraction of sp³-hybridized carbons (Fsp3) is 0. The van der Waals surface area contributed by atoms with Crippen LogP contribution in [0, 0.1) is 11.6 Å². The van der Waals surface area contributed by atoms with Crippen LogP contribution in [0.5, 0.6) is 11.5 Å². The molecular weight excluding hydrogens is 342 g/mol. The molecule has 0 spiro atoms. The molecule has 0 saturated heterocycles. The van der Waals surface area contributed by atoms with Crippen molar-refractivity contribution in [2.24, 2.45) is 0 Å². The number of halogens is 2. The minimum atomic E-state index is -0.414. The Labute approximate surface area is 156 Å². The lowest BCUT2D eigenvalue weighted by molar-refractivity contribution is 0.475. The number of hydrogen-bond acceptors (Lipinski definition) is 1. The van der Waals surface area contributed by atoms with Gasteiger partial charge in [0, 0.05) is 23.3 Å². The molecule has 4 aromatic rings. The van der Waals surface area contributed by atoms with Gasteiger partial charge in [0.05, 0.1) is 0 Å². The van der Waals surface area contributed by atoms with E-state index in [2.05, 4.69) is 0 Å². The van der Waals surface area contributed by atoms with E-state index in [-0.39, 0.29) is 0 Å². The molecule has 0 aliphatic rings. The second-order valence-electron chi connectivity index (χ2n) is 6.12. The summed E-state index contributed by atoms with van der Waals surface area (Å²) >= 11 is 0. The van der Waals surface area contributed by atoms with Crippen molar-refractivity contribution in [1.29, 1.82) is 0 Å². The van der Waals surface area contributed by atoms with E-state index < -0.39 is 11.6 Å². The van der Waals surface area contributed by atoms with E-state index in [9.17, 15) is 8.78 Å². The molecule has 4 rings (SSSR count). The molecule has 0 aliphatic heterocycles. The van der Waals surface area contributed by atoms with Gasteiger partial charge in [-0.1, -0.05) is 60.7 Å². The zero-order valence-electron chi connectivity index (χ0n) is 14.4. The van der Waals surface area contributed by atoms with Crippen LogP contribution < -0.4 is 4.74 Å². The summed E-state index contributed by atoms with van der Waals surface area (Å²) in [6.07, 6.45) is 0. The van der Waals surface area contributed by atoms with Crippen molar-refractivity contribution in [2.45, 2.75) is 0 Å². The summed E-state index contributed by atoms with van der Waals surface area (Å²) in [5, 5.41) is 0. The van der Waals surface area contributed by atoms with E-state index in [1.807, 2.05) is 60.7 Å². The summed E-state index contributed by atoms with van der Waals surface area (Å²) in [5.74, 6) is -0.155. The summed E-state index contributed by atoms with van der Waals surface area (Å²) in [7, 11) is 0. The van der Waals surface area contributed by atoms with Crippen LogP contribution in [0.15, 0.2) is 97.1 Å².